The molecule has 2 unspecified atom stereocenters. The Morgan fingerprint density at radius 3 is 2.55 bits per heavy atom. The molecule has 0 saturated carbocycles. The van der Waals surface area contributed by atoms with Gasteiger partial charge in [-0.1, -0.05) is 0 Å². The summed E-state index contributed by atoms with van der Waals surface area (Å²) in [5.41, 5.74) is 0.232. The summed E-state index contributed by atoms with van der Waals surface area (Å²) in [7, 11) is 1.55. The summed E-state index contributed by atoms with van der Waals surface area (Å²) in [6.45, 7) is 1.81. The molecule has 2 N–H and O–H groups in total. The van der Waals surface area contributed by atoms with Gasteiger partial charge in [0.1, 0.15) is 0 Å². The zero-order valence-corrected chi connectivity index (χ0v) is 12.0. The smallest absolute Gasteiger partial charge is 0.404 e. The second kappa shape index (κ2) is 6.97. The summed E-state index contributed by atoms with van der Waals surface area (Å²) in [6.07, 6.45) is -1.22. The standard InChI is InChI=1S/C14H17F3N2O3/c1-22-3-2-19-6-9(12(7-19)18-14(20)21)8-4-10(15)13(17)11(16)5-8/h4-5,9,12,18H,2-3,6-7H2,1H3,(H,20,21). The van der Waals surface area contributed by atoms with E-state index in [1.165, 1.54) is 0 Å². The Morgan fingerprint density at radius 2 is 2.00 bits per heavy atom. The number of amides is 1. The summed E-state index contributed by atoms with van der Waals surface area (Å²) in [5.74, 6) is -4.54. The summed E-state index contributed by atoms with van der Waals surface area (Å²) in [6, 6.07) is 1.30. The molecular weight excluding hydrogens is 301 g/mol. The lowest BCUT2D eigenvalue weighted by Crippen LogP contribution is -2.39. The SMILES string of the molecule is COCCN1CC(NC(=O)O)C(c2cc(F)c(F)c(F)c2)C1. The number of nitrogens with one attached hydrogen (secondary N) is 1. The maximum atomic E-state index is 13.4. The van der Waals surface area contributed by atoms with Gasteiger partial charge >= 0.3 is 6.09 Å². The highest BCUT2D eigenvalue weighted by Gasteiger charge is 2.35. The van der Waals surface area contributed by atoms with Gasteiger partial charge in [0.05, 0.1) is 12.6 Å². The van der Waals surface area contributed by atoms with E-state index in [1.54, 1.807) is 7.11 Å². The first-order valence-corrected chi connectivity index (χ1v) is 6.77. The zero-order chi connectivity index (χ0) is 16.3. The highest BCUT2D eigenvalue weighted by atomic mass is 19.2. The number of nitrogens with zero attached hydrogens (tertiary/aromatic N) is 1. The van der Waals surface area contributed by atoms with Gasteiger partial charge in [-0.2, -0.15) is 0 Å². The summed E-state index contributed by atoms with van der Waals surface area (Å²) >= 11 is 0. The van der Waals surface area contributed by atoms with Gasteiger partial charge in [0.15, 0.2) is 17.5 Å². The van der Waals surface area contributed by atoms with Crippen molar-refractivity contribution in [1.29, 1.82) is 0 Å². The first-order chi connectivity index (χ1) is 10.4. The number of methoxy groups -OCH3 is 1. The van der Waals surface area contributed by atoms with Gasteiger partial charge in [-0.3, -0.25) is 4.90 Å². The van der Waals surface area contributed by atoms with Crippen LogP contribution in [-0.4, -0.2) is 55.5 Å². The molecule has 0 spiro atoms. The maximum Gasteiger partial charge on any atom is 0.404 e. The van der Waals surface area contributed by atoms with E-state index in [0.29, 0.717) is 26.2 Å². The molecule has 2 rings (SSSR count). The number of rotatable bonds is 5. The van der Waals surface area contributed by atoms with Gasteiger partial charge < -0.3 is 15.2 Å². The van der Waals surface area contributed by atoms with E-state index in [0.717, 1.165) is 12.1 Å². The second-order valence-electron chi connectivity index (χ2n) is 5.21. The molecular formula is C14H17F3N2O3. The van der Waals surface area contributed by atoms with Crippen molar-refractivity contribution in [3.8, 4) is 0 Å². The van der Waals surface area contributed by atoms with Crippen LogP contribution in [0.3, 0.4) is 0 Å². The molecule has 5 nitrogen and oxygen atoms in total. The Kier molecular flexibility index (Phi) is 5.25. The third-order valence-electron chi connectivity index (χ3n) is 3.75. The predicted octanol–water partition coefficient (Wildman–Crippen LogP) is 1.79. The first kappa shape index (κ1) is 16.6. The van der Waals surface area contributed by atoms with Crippen molar-refractivity contribution < 1.29 is 27.8 Å². The summed E-state index contributed by atoms with van der Waals surface area (Å²) in [5, 5.41) is 11.2. The second-order valence-corrected chi connectivity index (χ2v) is 5.21. The molecule has 1 aliphatic heterocycles. The van der Waals surface area contributed by atoms with Crippen LogP contribution in [0.4, 0.5) is 18.0 Å². The zero-order valence-electron chi connectivity index (χ0n) is 12.0. The first-order valence-electron chi connectivity index (χ1n) is 6.77. The molecule has 1 aliphatic rings. The van der Waals surface area contributed by atoms with Gasteiger partial charge in [0, 0.05) is 32.7 Å². The number of carbonyl (C=O) groups is 1. The van der Waals surface area contributed by atoms with Crippen molar-refractivity contribution in [2.24, 2.45) is 0 Å². The molecule has 1 amide bonds. The predicted molar refractivity (Wildman–Crippen MR) is 72.3 cm³/mol. The number of likely N-dealkylation sites (tertiary alicyclic amines) is 1. The molecule has 1 fully saturated rings. The largest absolute Gasteiger partial charge is 0.465 e. The van der Waals surface area contributed by atoms with Gasteiger partial charge in [0.25, 0.3) is 0 Å². The summed E-state index contributed by atoms with van der Waals surface area (Å²) < 4.78 is 44.8. The highest BCUT2D eigenvalue weighted by molar-refractivity contribution is 5.65. The van der Waals surface area contributed by atoms with E-state index in [9.17, 15) is 18.0 Å². The molecule has 122 valence electrons. The minimum Gasteiger partial charge on any atom is -0.465 e. The topological polar surface area (TPSA) is 61.8 Å². The quantitative estimate of drug-likeness (QED) is 0.813. The molecule has 1 aromatic rings. The average molecular weight is 318 g/mol. The fourth-order valence-corrected chi connectivity index (χ4v) is 2.72. The third kappa shape index (κ3) is 3.69. The minimum atomic E-state index is -1.53. The van der Waals surface area contributed by atoms with E-state index < -0.39 is 35.5 Å². The number of benzene rings is 1. The van der Waals surface area contributed by atoms with Crippen LogP contribution in [0.15, 0.2) is 12.1 Å². The Balaban J connectivity index is 2.23. The number of halogens is 3. The van der Waals surface area contributed by atoms with Crippen LogP contribution < -0.4 is 5.32 Å². The number of hydrogen-bond acceptors (Lipinski definition) is 3. The van der Waals surface area contributed by atoms with Gasteiger partial charge in [-0.15, -0.1) is 0 Å². The van der Waals surface area contributed by atoms with Crippen molar-refractivity contribution in [3.63, 3.8) is 0 Å². The molecule has 0 aromatic heterocycles. The molecule has 1 aromatic carbocycles. The molecule has 1 saturated heterocycles. The molecule has 2 atom stereocenters. The van der Waals surface area contributed by atoms with Crippen molar-refractivity contribution in [2.45, 2.75) is 12.0 Å². The molecule has 8 heteroatoms. The van der Waals surface area contributed by atoms with Crippen molar-refractivity contribution in [2.75, 3.05) is 33.4 Å². The fourth-order valence-electron chi connectivity index (χ4n) is 2.72. The lowest BCUT2D eigenvalue weighted by molar-refractivity contribution is 0.158. The van der Waals surface area contributed by atoms with Crippen LogP contribution in [0.5, 0.6) is 0 Å². The normalized spacial score (nSPS) is 22.0. The van der Waals surface area contributed by atoms with Crippen molar-refractivity contribution in [1.82, 2.24) is 10.2 Å². The van der Waals surface area contributed by atoms with Gasteiger partial charge in [0.2, 0.25) is 0 Å². The Bertz CT molecular complexity index is 533. The number of ether oxygens (including phenoxy) is 1. The Morgan fingerprint density at radius 1 is 1.36 bits per heavy atom. The monoisotopic (exact) mass is 318 g/mol. The van der Waals surface area contributed by atoms with Gasteiger partial charge in [-0.05, 0) is 17.7 Å². The van der Waals surface area contributed by atoms with Crippen molar-refractivity contribution in [3.05, 3.63) is 35.1 Å². The van der Waals surface area contributed by atoms with Crippen LogP contribution in [-0.2, 0) is 4.74 Å². The van der Waals surface area contributed by atoms with E-state index >= 15 is 0 Å². The third-order valence-corrected chi connectivity index (χ3v) is 3.75. The summed E-state index contributed by atoms with van der Waals surface area (Å²) in [4.78, 5) is 12.8. The molecule has 0 bridgehead atoms. The number of hydrogen-bond donors (Lipinski definition) is 2. The Hall–Kier alpha value is -1.80. The van der Waals surface area contributed by atoms with Crippen LogP contribution >= 0.6 is 0 Å². The van der Waals surface area contributed by atoms with Gasteiger partial charge in [-0.25, -0.2) is 18.0 Å². The maximum absolute atomic E-state index is 13.4. The molecule has 0 aliphatic carbocycles. The fraction of sp³-hybridized carbons (Fsp3) is 0.500. The minimum absolute atomic E-state index is 0.232. The van der Waals surface area contributed by atoms with E-state index in [4.69, 9.17) is 9.84 Å². The van der Waals surface area contributed by atoms with Crippen LogP contribution in [0.25, 0.3) is 0 Å². The van der Waals surface area contributed by atoms with Crippen molar-refractivity contribution >= 4 is 6.09 Å². The highest BCUT2D eigenvalue weighted by Crippen LogP contribution is 2.29. The van der Waals surface area contributed by atoms with E-state index in [1.807, 2.05) is 4.90 Å². The Labute approximate surface area is 125 Å². The molecule has 22 heavy (non-hydrogen) atoms. The van der Waals surface area contributed by atoms with Crippen LogP contribution in [0, 0.1) is 17.5 Å². The lowest BCUT2D eigenvalue weighted by Gasteiger charge is -2.19. The van der Waals surface area contributed by atoms with Crippen LogP contribution in [0.2, 0.25) is 0 Å². The number of carboxylic acid groups (broad SMARTS) is 1. The van der Waals surface area contributed by atoms with E-state index in [2.05, 4.69) is 5.32 Å². The van der Waals surface area contributed by atoms with Crippen LogP contribution in [0.1, 0.15) is 11.5 Å². The molecule has 1 heterocycles. The lowest BCUT2D eigenvalue weighted by atomic mass is 9.94. The molecule has 0 radical (unpaired) electrons. The average Bonchev–Trinajstić information content (AvgIpc) is 2.84. The van der Waals surface area contributed by atoms with E-state index in [-0.39, 0.29) is 5.56 Å².